The molecule has 0 aromatic carbocycles. The highest BCUT2D eigenvalue weighted by Crippen LogP contribution is 2.25. The van der Waals surface area contributed by atoms with Crippen LogP contribution in [0.4, 0.5) is 4.79 Å². The molecule has 2 aliphatic rings. The largest absolute Gasteiger partial charge is 0.381 e. The summed E-state index contributed by atoms with van der Waals surface area (Å²) in [7, 11) is 0. The van der Waals surface area contributed by atoms with Gasteiger partial charge in [-0.3, -0.25) is 19.4 Å². The van der Waals surface area contributed by atoms with Crippen molar-refractivity contribution in [2.75, 3.05) is 72.4 Å². The number of nitrogens with zero attached hydrogens (tertiary/aromatic N) is 4. The zero-order chi connectivity index (χ0) is 25.4. The Labute approximate surface area is 205 Å². The minimum Gasteiger partial charge on any atom is -0.381 e. The first kappa shape index (κ1) is 28.5. The number of hydrogen-bond donors (Lipinski definition) is 0. The molecular weight excluding hydrogens is 436 g/mol. The summed E-state index contributed by atoms with van der Waals surface area (Å²) < 4.78 is 11.6. The molecule has 9 nitrogen and oxygen atoms in total. The van der Waals surface area contributed by atoms with Gasteiger partial charge in [0.25, 0.3) is 0 Å². The van der Waals surface area contributed by atoms with Crippen molar-refractivity contribution in [2.24, 2.45) is 10.8 Å². The normalized spacial score (nSPS) is 18.2. The molecule has 2 rings (SSSR count). The van der Waals surface area contributed by atoms with E-state index in [0.29, 0.717) is 46.1 Å². The number of carbonyl (C=O) groups excluding carboxylic acids is 3. The molecule has 196 valence electrons. The standard InChI is InChI=1S/C25H46N4O5/c1-7-26-16-21(30)28(20-26)18-24(3,4)10-14-33-12-9-13-34-15-11-25(5,6)19-29-22(31)17-27(8-2)23(29)32/h7-20H2,1-6H3. The lowest BCUT2D eigenvalue weighted by atomic mass is 9.89. The second-order valence-electron chi connectivity index (χ2n) is 11.1. The summed E-state index contributed by atoms with van der Waals surface area (Å²) in [5, 5.41) is 0. The molecule has 2 saturated heterocycles. The van der Waals surface area contributed by atoms with E-state index in [1.54, 1.807) is 4.90 Å². The highest BCUT2D eigenvalue weighted by Gasteiger charge is 2.38. The molecule has 2 aliphatic heterocycles. The highest BCUT2D eigenvalue weighted by molar-refractivity contribution is 6.02. The number of carbonyl (C=O) groups is 3. The topological polar surface area (TPSA) is 82.6 Å². The maximum Gasteiger partial charge on any atom is 0.327 e. The van der Waals surface area contributed by atoms with Gasteiger partial charge in [-0.15, -0.1) is 0 Å². The third-order valence-corrected chi connectivity index (χ3v) is 6.67. The first-order chi connectivity index (χ1) is 16.0. The van der Waals surface area contributed by atoms with E-state index in [0.717, 1.165) is 39.0 Å². The van der Waals surface area contributed by atoms with Crippen LogP contribution in [0.25, 0.3) is 0 Å². The van der Waals surface area contributed by atoms with Crippen molar-refractivity contribution in [1.29, 1.82) is 0 Å². The summed E-state index contributed by atoms with van der Waals surface area (Å²) in [6.45, 7) is 19.1. The van der Waals surface area contributed by atoms with Crippen LogP contribution in [-0.4, -0.2) is 110 Å². The van der Waals surface area contributed by atoms with E-state index < -0.39 is 0 Å². The molecule has 4 amide bonds. The van der Waals surface area contributed by atoms with Gasteiger partial charge in [-0.05, 0) is 43.6 Å². The van der Waals surface area contributed by atoms with E-state index in [1.807, 2.05) is 11.8 Å². The minimum atomic E-state index is -0.192. The van der Waals surface area contributed by atoms with Crippen LogP contribution in [0.5, 0.6) is 0 Å². The summed E-state index contributed by atoms with van der Waals surface area (Å²) in [5.74, 6) is 0.105. The van der Waals surface area contributed by atoms with E-state index in [-0.39, 0.29) is 35.2 Å². The molecule has 0 aromatic heterocycles. The SMILES string of the molecule is CCN1CC(=O)N(CC(C)(C)CCOCCCOCCC(C)(C)CN2C(=O)CN(CC)C2=O)C1. The Hall–Kier alpha value is -1.71. The fraction of sp³-hybridized carbons (Fsp3) is 0.880. The summed E-state index contributed by atoms with van der Waals surface area (Å²) in [6, 6.07) is -0.184. The predicted octanol–water partition coefficient (Wildman–Crippen LogP) is 2.65. The van der Waals surface area contributed by atoms with E-state index in [4.69, 9.17) is 9.47 Å². The number of urea groups is 1. The maximum atomic E-state index is 12.3. The van der Waals surface area contributed by atoms with Gasteiger partial charge < -0.3 is 19.3 Å². The van der Waals surface area contributed by atoms with Crippen LogP contribution < -0.4 is 0 Å². The Morgan fingerprint density at radius 2 is 1.32 bits per heavy atom. The second kappa shape index (κ2) is 12.8. The summed E-state index contributed by atoms with van der Waals surface area (Å²) in [6.07, 6.45) is 2.50. The third-order valence-electron chi connectivity index (χ3n) is 6.67. The van der Waals surface area contributed by atoms with Crippen LogP contribution in [0.1, 0.15) is 60.8 Å². The molecule has 0 spiro atoms. The van der Waals surface area contributed by atoms with Crippen molar-refractivity contribution in [3.8, 4) is 0 Å². The van der Waals surface area contributed by atoms with Crippen LogP contribution in [0.15, 0.2) is 0 Å². The van der Waals surface area contributed by atoms with Gasteiger partial charge in [-0.1, -0.05) is 34.6 Å². The molecule has 0 bridgehead atoms. The summed E-state index contributed by atoms with van der Waals surface area (Å²) in [4.78, 5) is 43.6. The lowest BCUT2D eigenvalue weighted by molar-refractivity contribution is -0.128. The number of ether oxygens (including phenoxy) is 2. The molecule has 9 heteroatoms. The Morgan fingerprint density at radius 3 is 1.82 bits per heavy atom. The zero-order valence-electron chi connectivity index (χ0n) is 22.2. The molecule has 0 saturated carbocycles. The second-order valence-corrected chi connectivity index (χ2v) is 11.1. The Kier molecular flexibility index (Phi) is 10.8. The molecule has 0 radical (unpaired) electrons. The van der Waals surface area contributed by atoms with E-state index in [2.05, 4.69) is 39.5 Å². The van der Waals surface area contributed by atoms with Crippen molar-refractivity contribution < 1.29 is 23.9 Å². The van der Waals surface area contributed by atoms with Crippen LogP contribution in [0.2, 0.25) is 0 Å². The first-order valence-corrected chi connectivity index (χ1v) is 12.7. The van der Waals surface area contributed by atoms with Crippen LogP contribution in [0, 0.1) is 10.8 Å². The molecule has 0 aliphatic carbocycles. The van der Waals surface area contributed by atoms with Gasteiger partial charge in [0.15, 0.2) is 0 Å². The number of likely N-dealkylation sites (N-methyl/N-ethyl adjacent to an activating group) is 2. The van der Waals surface area contributed by atoms with E-state index in [9.17, 15) is 14.4 Å². The van der Waals surface area contributed by atoms with Crippen LogP contribution >= 0.6 is 0 Å². The summed E-state index contributed by atoms with van der Waals surface area (Å²) in [5.41, 5.74) is -0.171. The van der Waals surface area contributed by atoms with Gasteiger partial charge in [0.05, 0.1) is 13.2 Å². The van der Waals surface area contributed by atoms with E-state index >= 15 is 0 Å². The molecule has 2 heterocycles. The summed E-state index contributed by atoms with van der Waals surface area (Å²) >= 11 is 0. The van der Waals surface area contributed by atoms with Crippen molar-refractivity contribution in [1.82, 2.24) is 19.6 Å². The van der Waals surface area contributed by atoms with Crippen molar-refractivity contribution in [2.45, 2.75) is 60.8 Å². The van der Waals surface area contributed by atoms with Gasteiger partial charge in [0.2, 0.25) is 11.8 Å². The maximum absolute atomic E-state index is 12.3. The van der Waals surface area contributed by atoms with Gasteiger partial charge in [-0.25, -0.2) is 4.79 Å². The fourth-order valence-corrected chi connectivity index (χ4v) is 4.27. The van der Waals surface area contributed by atoms with Crippen molar-refractivity contribution in [3.05, 3.63) is 0 Å². The van der Waals surface area contributed by atoms with Crippen molar-refractivity contribution >= 4 is 17.8 Å². The smallest absolute Gasteiger partial charge is 0.327 e. The van der Waals surface area contributed by atoms with Crippen molar-refractivity contribution in [3.63, 3.8) is 0 Å². The average molecular weight is 483 g/mol. The molecule has 0 aromatic rings. The Bertz CT molecular complexity index is 697. The van der Waals surface area contributed by atoms with Gasteiger partial charge in [-0.2, -0.15) is 0 Å². The van der Waals surface area contributed by atoms with Gasteiger partial charge in [0.1, 0.15) is 6.54 Å². The highest BCUT2D eigenvalue weighted by atomic mass is 16.5. The lowest BCUT2D eigenvalue weighted by Gasteiger charge is -2.30. The molecule has 2 fully saturated rings. The fourth-order valence-electron chi connectivity index (χ4n) is 4.27. The number of amides is 4. The Balaban J connectivity index is 1.52. The molecule has 0 atom stereocenters. The van der Waals surface area contributed by atoms with E-state index in [1.165, 1.54) is 4.90 Å². The van der Waals surface area contributed by atoms with Crippen LogP contribution in [-0.2, 0) is 19.1 Å². The van der Waals surface area contributed by atoms with Gasteiger partial charge in [0, 0.05) is 46.1 Å². The first-order valence-electron chi connectivity index (χ1n) is 12.7. The zero-order valence-corrected chi connectivity index (χ0v) is 22.2. The molecule has 34 heavy (non-hydrogen) atoms. The quantitative estimate of drug-likeness (QED) is 0.248. The third kappa shape index (κ3) is 8.82. The average Bonchev–Trinajstić information content (AvgIpc) is 3.25. The lowest BCUT2D eigenvalue weighted by Crippen LogP contribution is -2.40. The number of rotatable bonds is 16. The number of imide groups is 1. The monoisotopic (exact) mass is 482 g/mol. The van der Waals surface area contributed by atoms with Crippen LogP contribution in [0.3, 0.4) is 0 Å². The van der Waals surface area contributed by atoms with Gasteiger partial charge >= 0.3 is 6.03 Å². The predicted molar refractivity (Wildman–Crippen MR) is 131 cm³/mol. The number of hydrogen-bond acceptors (Lipinski definition) is 6. The Morgan fingerprint density at radius 1 is 0.735 bits per heavy atom. The minimum absolute atomic E-state index is 0.0216. The molecule has 0 N–H and O–H groups in total. The molecule has 0 unspecified atom stereocenters. The molecular formula is C25H46N4O5.